The summed E-state index contributed by atoms with van der Waals surface area (Å²) >= 11 is 12.3. The molecule has 4 rings (SSSR count). The van der Waals surface area contributed by atoms with E-state index in [0.29, 0.717) is 61.9 Å². The van der Waals surface area contributed by atoms with Crippen molar-refractivity contribution in [3.05, 3.63) is 33.8 Å². The number of Topliss-reactive ketones (excluding diaryl/α,β-unsaturated/α-hetero) is 1. The van der Waals surface area contributed by atoms with Gasteiger partial charge in [-0.25, -0.2) is 4.79 Å². The van der Waals surface area contributed by atoms with E-state index in [-0.39, 0.29) is 36.0 Å². The lowest BCUT2D eigenvalue weighted by Gasteiger charge is -2.44. The number of likely N-dealkylation sites (tertiary alicyclic amines) is 1. The molecular formula is C24H30Cl2N4O5. The highest BCUT2D eigenvalue weighted by Gasteiger charge is 2.56. The first kappa shape index (κ1) is 25.7. The molecule has 3 heterocycles. The molecule has 3 N–H and O–H groups in total. The van der Waals surface area contributed by atoms with Crippen LogP contribution in [0.2, 0.25) is 10.0 Å². The van der Waals surface area contributed by atoms with Crippen molar-refractivity contribution in [3.8, 4) is 0 Å². The summed E-state index contributed by atoms with van der Waals surface area (Å²) < 4.78 is 0. The number of amides is 3. The SMILES string of the molecule is CN(C(=O)O)[C@]1(C(=O)C2CCN(C(=O)C3CCC(=O)NC3)CC2)CNC[C@H]1c1ccc(Cl)c(Cl)c1. The Balaban J connectivity index is 1.53. The predicted molar refractivity (Wildman–Crippen MR) is 131 cm³/mol. The zero-order valence-corrected chi connectivity index (χ0v) is 21.1. The highest BCUT2D eigenvalue weighted by Crippen LogP contribution is 2.42. The molecule has 0 aromatic heterocycles. The number of rotatable bonds is 5. The molecule has 3 aliphatic heterocycles. The lowest BCUT2D eigenvalue weighted by molar-refractivity contribution is -0.142. The van der Waals surface area contributed by atoms with Crippen LogP contribution in [0.25, 0.3) is 0 Å². The second kappa shape index (κ2) is 10.3. The largest absolute Gasteiger partial charge is 0.465 e. The molecule has 3 saturated heterocycles. The van der Waals surface area contributed by atoms with Crippen LogP contribution in [0, 0.1) is 11.8 Å². The van der Waals surface area contributed by atoms with Gasteiger partial charge in [-0.1, -0.05) is 29.3 Å². The normalized spacial score (nSPS) is 27.4. The molecule has 9 nitrogen and oxygen atoms in total. The molecule has 1 aromatic rings. The lowest BCUT2D eigenvalue weighted by Crippen LogP contribution is -2.62. The van der Waals surface area contributed by atoms with Crippen LogP contribution >= 0.6 is 23.2 Å². The van der Waals surface area contributed by atoms with Crippen LogP contribution in [-0.2, 0) is 14.4 Å². The van der Waals surface area contributed by atoms with Crippen LogP contribution in [0.3, 0.4) is 0 Å². The Morgan fingerprint density at radius 3 is 2.40 bits per heavy atom. The number of nitrogens with zero attached hydrogens (tertiary/aromatic N) is 2. The van der Waals surface area contributed by atoms with Gasteiger partial charge in [0.25, 0.3) is 0 Å². The Bertz CT molecular complexity index is 1020. The lowest BCUT2D eigenvalue weighted by atomic mass is 9.72. The van der Waals surface area contributed by atoms with Crippen LogP contribution in [0.4, 0.5) is 4.79 Å². The van der Waals surface area contributed by atoms with Gasteiger partial charge in [0, 0.05) is 58.0 Å². The van der Waals surface area contributed by atoms with E-state index in [1.165, 1.54) is 7.05 Å². The second-order valence-corrected chi connectivity index (χ2v) is 10.4. The van der Waals surface area contributed by atoms with Crippen molar-refractivity contribution in [1.29, 1.82) is 0 Å². The van der Waals surface area contributed by atoms with Crippen molar-refractivity contribution in [2.45, 2.75) is 37.1 Å². The molecule has 35 heavy (non-hydrogen) atoms. The summed E-state index contributed by atoms with van der Waals surface area (Å²) in [4.78, 5) is 53.4. The van der Waals surface area contributed by atoms with E-state index >= 15 is 0 Å². The minimum absolute atomic E-state index is 0.00415. The van der Waals surface area contributed by atoms with Crippen molar-refractivity contribution >= 4 is 46.9 Å². The standard InChI is InChI=1S/C24H30Cl2N4O5/c1-29(23(34)35)24(13-27-12-17(24)15-2-4-18(25)19(26)10-15)21(32)14-6-8-30(9-7-14)22(33)16-3-5-20(31)28-11-16/h2,4,10,14,16-17,27H,3,5-9,11-13H2,1H3,(H,28,31)(H,34,35)/t16?,17-,24+/m0/s1. The maximum Gasteiger partial charge on any atom is 0.407 e. The van der Waals surface area contributed by atoms with E-state index in [4.69, 9.17) is 23.2 Å². The Hall–Kier alpha value is -2.36. The predicted octanol–water partition coefficient (Wildman–Crippen LogP) is 2.36. The van der Waals surface area contributed by atoms with Gasteiger partial charge in [-0.2, -0.15) is 0 Å². The topological polar surface area (TPSA) is 119 Å². The van der Waals surface area contributed by atoms with Crippen molar-refractivity contribution < 1.29 is 24.3 Å². The molecule has 11 heteroatoms. The van der Waals surface area contributed by atoms with Crippen molar-refractivity contribution in [2.24, 2.45) is 11.8 Å². The molecule has 1 aromatic carbocycles. The fraction of sp³-hybridized carbons (Fsp3) is 0.583. The van der Waals surface area contributed by atoms with E-state index in [1.807, 2.05) is 0 Å². The monoisotopic (exact) mass is 524 g/mol. The van der Waals surface area contributed by atoms with Crippen molar-refractivity contribution in [1.82, 2.24) is 20.4 Å². The first-order chi connectivity index (χ1) is 16.6. The molecule has 0 radical (unpaired) electrons. The molecule has 190 valence electrons. The van der Waals surface area contributed by atoms with Crippen LogP contribution in [0.5, 0.6) is 0 Å². The smallest absolute Gasteiger partial charge is 0.407 e. The summed E-state index contributed by atoms with van der Waals surface area (Å²) in [6.45, 7) is 1.82. The third-order valence-electron chi connectivity index (χ3n) is 7.77. The highest BCUT2D eigenvalue weighted by atomic mass is 35.5. The number of nitrogens with one attached hydrogen (secondary N) is 2. The maximum absolute atomic E-state index is 14.1. The van der Waals surface area contributed by atoms with Gasteiger partial charge in [-0.15, -0.1) is 0 Å². The van der Waals surface area contributed by atoms with Gasteiger partial charge in [0.05, 0.1) is 16.0 Å². The number of hydrogen-bond acceptors (Lipinski definition) is 5. The number of carboxylic acid groups (broad SMARTS) is 1. The summed E-state index contributed by atoms with van der Waals surface area (Å²) in [5.41, 5.74) is -0.550. The Morgan fingerprint density at radius 1 is 1.09 bits per heavy atom. The van der Waals surface area contributed by atoms with Crippen LogP contribution < -0.4 is 10.6 Å². The van der Waals surface area contributed by atoms with E-state index in [9.17, 15) is 24.3 Å². The summed E-state index contributed by atoms with van der Waals surface area (Å²) in [6.07, 6.45) is 0.630. The van der Waals surface area contributed by atoms with Gasteiger partial charge in [0.2, 0.25) is 11.8 Å². The molecule has 0 aliphatic carbocycles. The van der Waals surface area contributed by atoms with E-state index in [2.05, 4.69) is 10.6 Å². The summed E-state index contributed by atoms with van der Waals surface area (Å²) in [5.74, 6) is -1.21. The van der Waals surface area contributed by atoms with E-state index < -0.39 is 17.6 Å². The summed E-state index contributed by atoms with van der Waals surface area (Å²) in [5, 5.41) is 16.6. The third-order valence-corrected chi connectivity index (χ3v) is 8.51. The highest BCUT2D eigenvalue weighted by molar-refractivity contribution is 6.42. The fourth-order valence-corrected chi connectivity index (χ4v) is 5.99. The van der Waals surface area contributed by atoms with Gasteiger partial charge in [-0.3, -0.25) is 19.3 Å². The molecular weight excluding hydrogens is 495 g/mol. The quantitative estimate of drug-likeness (QED) is 0.543. The molecule has 3 aliphatic rings. The van der Waals surface area contributed by atoms with Gasteiger partial charge >= 0.3 is 6.09 Å². The van der Waals surface area contributed by atoms with Crippen LogP contribution in [0.1, 0.15) is 37.2 Å². The molecule has 3 amide bonds. The van der Waals surface area contributed by atoms with Gasteiger partial charge in [0.1, 0.15) is 5.54 Å². The van der Waals surface area contributed by atoms with Gasteiger partial charge < -0.3 is 20.6 Å². The van der Waals surface area contributed by atoms with Gasteiger partial charge in [0.15, 0.2) is 5.78 Å². The molecule has 0 spiro atoms. The molecule has 1 unspecified atom stereocenters. The van der Waals surface area contributed by atoms with Crippen LogP contribution in [0.15, 0.2) is 18.2 Å². The van der Waals surface area contributed by atoms with Gasteiger partial charge in [-0.05, 0) is 37.0 Å². The van der Waals surface area contributed by atoms with Crippen molar-refractivity contribution in [3.63, 3.8) is 0 Å². The Kier molecular flexibility index (Phi) is 7.59. The number of halogens is 2. The van der Waals surface area contributed by atoms with E-state index in [1.54, 1.807) is 23.1 Å². The second-order valence-electron chi connectivity index (χ2n) is 9.63. The molecule has 3 fully saturated rings. The average molecular weight is 525 g/mol. The Labute approximate surface area is 214 Å². The molecule has 0 saturated carbocycles. The van der Waals surface area contributed by atoms with E-state index in [0.717, 1.165) is 10.5 Å². The summed E-state index contributed by atoms with van der Waals surface area (Å²) in [6, 6.07) is 5.14. The number of piperidine rings is 2. The fourth-order valence-electron chi connectivity index (χ4n) is 5.69. The third kappa shape index (κ3) is 4.86. The first-order valence-electron chi connectivity index (χ1n) is 11.9. The first-order valence-corrected chi connectivity index (χ1v) is 12.6. The van der Waals surface area contributed by atoms with Crippen LogP contribution in [-0.4, -0.2) is 83.9 Å². The number of ketones is 1. The minimum atomic E-state index is -1.30. The zero-order valence-electron chi connectivity index (χ0n) is 19.6. The number of carbonyl (C=O) groups is 4. The maximum atomic E-state index is 14.1. The number of benzene rings is 1. The molecule has 0 bridgehead atoms. The van der Waals surface area contributed by atoms with Crippen molar-refractivity contribution in [2.75, 3.05) is 39.8 Å². The minimum Gasteiger partial charge on any atom is -0.465 e. The summed E-state index contributed by atoms with van der Waals surface area (Å²) in [7, 11) is 1.44. The number of carbonyl (C=O) groups excluding carboxylic acids is 3. The average Bonchev–Trinajstić information content (AvgIpc) is 3.31. The molecule has 3 atom stereocenters. The number of hydrogen-bond donors (Lipinski definition) is 3. The number of likely N-dealkylation sites (N-methyl/N-ethyl adjacent to an activating group) is 1. The zero-order chi connectivity index (χ0) is 25.3. The Morgan fingerprint density at radius 2 is 1.80 bits per heavy atom.